The standard InChI is InChI=1S/C23H34N2O7S/c1-7-14-31-21(27)24(22(28)32-15-8-2)25(33(6,29)30)20-16-19(11-9-10-18(3)4)12-13-23(20,5)17-26/h7-8,10,16-17,20H,1-2,9,11-15H2,3-6H3/t20-,23-/m0/s1. The van der Waals surface area contributed by atoms with Gasteiger partial charge in [-0.3, -0.25) is 0 Å². The fourth-order valence-electron chi connectivity index (χ4n) is 3.37. The molecule has 0 aliphatic heterocycles. The van der Waals surface area contributed by atoms with Crippen LogP contribution in [0.1, 0.15) is 46.5 Å². The number of hydrogen-bond acceptors (Lipinski definition) is 7. The van der Waals surface area contributed by atoms with Crippen molar-refractivity contribution in [2.24, 2.45) is 5.41 Å². The number of rotatable bonds is 11. The van der Waals surface area contributed by atoms with Gasteiger partial charge in [0.2, 0.25) is 10.0 Å². The molecule has 33 heavy (non-hydrogen) atoms. The lowest BCUT2D eigenvalue weighted by atomic mass is 9.73. The Morgan fingerprint density at radius 3 is 2.15 bits per heavy atom. The van der Waals surface area contributed by atoms with E-state index >= 15 is 0 Å². The number of imide groups is 1. The van der Waals surface area contributed by atoms with Crippen LogP contribution in [0.2, 0.25) is 0 Å². The van der Waals surface area contributed by atoms with Gasteiger partial charge in [-0.05, 0) is 39.5 Å². The fraction of sp³-hybridized carbons (Fsp3) is 0.522. The predicted molar refractivity (Wildman–Crippen MR) is 126 cm³/mol. The van der Waals surface area contributed by atoms with Gasteiger partial charge in [-0.15, -0.1) is 5.01 Å². The number of hydrogen-bond donors (Lipinski definition) is 0. The maximum Gasteiger partial charge on any atom is 0.435 e. The third-order valence-electron chi connectivity index (χ3n) is 5.11. The lowest BCUT2D eigenvalue weighted by Crippen LogP contribution is -2.61. The zero-order chi connectivity index (χ0) is 25.2. The maximum absolute atomic E-state index is 12.9. The van der Waals surface area contributed by atoms with Crippen molar-refractivity contribution in [3.8, 4) is 0 Å². The molecule has 1 rings (SSSR count). The summed E-state index contributed by atoms with van der Waals surface area (Å²) in [6.07, 6.45) is 7.52. The number of carbonyl (C=O) groups excluding carboxylic acids is 3. The molecule has 0 spiro atoms. The molecule has 10 heteroatoms. The molecule has 0 aromatic rings. The van der Waals surface area contributed by atoms with Crippen molar-refractivity contribution < 1.29 is 32.3 Å². The Balaban J connectivity index is 3.59. The quantitative estimate of drug-likeness (QED) is 0.247. The molecule has 9 nitrogen and oxygen atoms in total. The molecule has 0 heterocycles. The molecule has 1 aliphatic rings. The highest BCUT2D eigenvalue weighted by molar-refractivity contribution is 7.88. The van der Waals surface area contributed by atoms with E-state index < -0.39 is 33.7 Å². The summed E-state index contributed by atoms with van der Waals surface area (Å²) in [7, 11) is -4.25. The molecule has 0 bridgehead atoms. The summed E-state index contributed by atoms with van der Waals surface area (Å²) in [6, 6.07) is -1.15. The highest BCUT2D eigenvalue weighted by Gasteiger charge is 2.49. The van der Waals surface area contributed by atoms with Gasteiger partial charge in [0, 0.05) is 5.41 Å². The Kier molecular flexibility index (Phi) is 10.7. The number of aldehydes is 1. The van der Waals surface area contributed by atoms with E-state index in [1.807, 2.05) is 13.8 Å². The van der Waals surface area contributed by atoms with Crippen LogP contribution in [-0.2, 0) is 24.3 Å². The topological polar surface area (TPSA) is 110 Å². The molecular weight excluding hydrogens is 448 g/mol. The number of sulfonamides is 1. The second-order valence-corrected chi connectivity index (χ2v) is 10.1. The summed E-state index contributed by atoms with van der Waals surface area (Å²) in [5.74, 6) is 0. The second kappa shape index (κ2) is 12.5. The van der Waals surface area contributed by atoms with Gasteiger partial charge in [0.25, 0.3) is 0 Å². The molecule has 0 unspecified atom stereocenters. The Hall–Kier alpha value is -2.72. The number of allylic oxidation sites excluding steroid dienone is 3. The average Bonchev–Trinajstić information content (AvgIpc) is 2.74. The summed E-state index contributed by atoms with van der Waals surface area (Å²) in [4.78, 5) is 37.6. The highest BCUT2D eigenvalue weighted by Crippen LogP contribution is 2.39. The molecular formula is C23H34N2O7S. The molecule has 0 N–H and O–H groups in total. The number of nitrogens with zero attached hydrogens (tertiary/aromatic N) is 2. The first kappa shape index (κ1) is 28.3. The van der Waals surface area contributed by atoms with E-state index in [4.69, 9.17) is 9.47 Å². The third-order valence-corrected chi connectivity index (χ3v) is 6.18. The Bertz CT molecular complexity index is 895. The summed E-state index contributed by atoms with van der Waals surface area (Å²) in [6.45, 7) is 11.9. The van der Waals surface area contributed by atoms with Crippen molar-refractivity contribution in [2.45, 2.75) is 52.5 Å². The summed E-state index contributed by atoms with van der Waals surface area (Å²) in [5, 5.41) is 0.282. The van der Waals surface area contributed by atoms with Crippen LogP contribution in [0.4, 0.5) is 9.59 Å². The van der Waals surface area contributed by atoms with Crippen molar-refractivity contribution in [1.29, 1.82) is 0 Å². The van der Waals surface area contributed by atoms with Gasteiger partial charge < -0.3 is 14.3 Å². The fourth-order valence-corrected chi connectivity index (χ4v) is 4.52. The SMILES string of the molecule is C=CCOC(=O)N(C(=O)OCC=C)N([C@H]1C=C(CCC=C(C)C)CC[C@@]1(C)C=O)S(C)(=O)=O. The summed E-state index contributed by atoms with van der Waals surface area (Å²) >= 11 is 0. The largest absolute Gasteiger partial charge is 0.444 e. The molecule has 2 atom stereocenters. The van der Waals surface area contributed by atoms with Crippen molar-refractivity contribution in [2.75, 3.05) is 19.5 Å². The van der Waals surface area contributed by atoms with E-state index in [9.17, 15) is 22.8 Å². The molecule has 0 saturated carbocycles. The van der Waals surface area contributed by atoms with Gasteiger partial charge >= 0.3 is 12.2 Å². The second-order valence-electron chi connectivity index (χ2n) is 8.29. The minimum absolute atomic E-state index is 0.263. The highest BCUT2D eigenvalue weighted by atomic mass is 32.2. The van der Waals surface area contributed by atoms with Gasteiger partial charge in [0.1, 0.15) is 19.5 Å². The van der Waals surface area contributed by atoms with Gasteiger partial charge in [0.15, 0.2) is 0 Å². The molecule has 0 saturated heterocycles. The molecule has 0 aromatic heterocycles. The lowest BCUT2D eigenvalue weighted by Gasteiger charge is -2.43. The van der Waals surface area contributed by atoms with Crippen molar-refractivity contribution in [3.63, 3.8) is 0 Å². The van der Waals surface area contributed by atoms with Crippen LogP contribution in [0.25, 0.3) is 0 Å². The zero-order valence-corrected chi connectivity index (χ0v) is 20.6. The van der Waals surface area contributed by atoms with Crippen LogP contribution in [-0.4, -0.2) is 61.8 Å². The van der Waals surface area contributed by atoms with E-state index in [1.165, 1.54) is 12.2 Å². The Morgan fingerprint density at radius 1 is 1.18 bits per heavy atom. The first-order chi connectivity index (χ1) is 15.4. The molecule has 0 radical (unpaired) electrons. The maximum atomic E-state index is 12.9. The molecule has 0 fully saturated rings. The predicted octanol–water partition coefficient (Wildman–Crippen LogP) is 4.15. The van der Waals surface area contributed by atoms with Crippen molar-refractivity contribution in [1.82, 2.24) is 9.42 Å². The van der Waals surface area contributed by atoms with E-state index in [0.29, 0.717) is 30.0 Å². The zero-order valence-electron chi connectivity index (χ0n) is 19.8. The Morgan fingerprint density at radius 2 is 1.73 bits per heavy atom. The first-order valence-corrected chi connectivity index (χ1v) is 12.4. The van der Waals surface area contributed by atoms with Crippen LogP contribution in [0.3, 0.4) is 0 Å². The minimum atomic E-state index is -4.25. The monoisotopic (exact) mass is 482 g/mol. The van der Waals surface area contributed by atoms with Gasteiger partial charge in [0.05, 0.1) is 12.3 Å². The van der Waals surface area contributed by atoms with E-state index in [-0.39, 0.29) is 18.2 Å². The molecule has 184 valence electrons. The summed E-state index contributed by atoms with van der Waals surface area (Å²) < 4.78 is 36.3. The van der Waals surface area contributed by atoms with Crippen LogP contribution in [0.5, 0.6) is 0 Å². The van der Waals surface area contributed by atoms with E-state index in [0.717, 1.165) is 23.8 Å². The van der Waals surface area contributed by atoms with Gasteiger partial charge in [-0.25, -0.2) is 18.0 Å². The van der Waals surface area contributed by atoms with Crippen molar-refractivity contribution in [3.05, 3.63) is 48.6 Å². The average molecular weight is 483 g/mol. The molecule has 0 aromatic carbocycles. The lowest BCUT2D eigenvalue weighted by molar-refractivity contribution is -0.120. The Labute approximate surface area is 196 Å². The molecule has 2 amide bonds. The van der Waals surface area contributed by atoms with E-state index in [1.54, 1.807) is 13.0 Å². The van der Waals surface area contributed by atoms with Crippen LogP contribution in [0.15, 0.2) is 48.6 Å². The van der Waals surface area contributed by atoms with Crippen LogP contribution >= 0.6 is 0 Å². The minimum Gasteiger partial charge on any atom is -0.444 e. The molecule has 1 aliphatic carbocycles. The smallest absolute Gasteiger partial charge is 0.435 e. The van der Waals surface area contributed by atoms with Crippen LogP contribution in [0, 0.1) is 5.41 Å². The van der Waals surface area contributed by atoms with E-state index in [2.05, 4.69) is 19.2 Å². The van der Waals surface area contributed by atoms with Gasteiger partial charge in [-0.1, -0.05) is 59.9 Å². The van der Waals surface area contributed by atoms with Crippen molar-refractivity contribution >= 4 is 28.5 Å². The number of amides is 2. The number of ether oxygens (including phenoxy) is 2. The number of carbonyl (C=O) groups is 3. The van der Waals surface area contributed by atoms with Crippen LogP contribution < -0.4 is 0 Å². The summed E-state index contributed by atoms with van der Waals surface area (Å²) in [5.41, 5.74) is 0.877. The third kappa shape index (κ3) is 7.97. The van der Waals surface area contributed by atoms with Gasteiger partial charge in [-0.2, -0.15) is 0 Å². The first-order valence-electron chi connectivity index (χ1n) is 10.5. The normalized spacial score (nSPS) is 20.3. The number of hydrazine groups is 1.